The summed E-state index contributed by atoms with van der Waals surface area (Å²) in [5, 5.41) is 9.47. The zero-order chi connectivity index (χ0) is 42.6. The van der Waals surface area contributed by atoms with E-state index in [9.17, 15) is 24.2 Å². The van der Waals surface area contributed by atoms with Gasteiger partial charge in [0.25, 0.3) is 0 Å². The van der Waals surface area contributed by atoms with Crippen LogP contribution in [0.25, 0.3) is 0 Å². The molecule has 0 saturated carbocycles. The number of nitrogens with two attached hydrogens (primary N) is 1. The van der Waals surface area contributed by atoms with Gasteiger partial charge in [-0.3, -0.25) is 18.6 Å². The van der Waals surface area contributed by atoms with Crippen molar-refractivity contribution in [3.8, 4) is 0 Å². The monoisotopic (exact) mass is 828 g/mol. The van der Waals surface area contributed by atoms with Crippen molar-refractivity contribution in [1.29, 1.82) is 0 Å². The van der Waals surface area contributed by atoms with Crippen molar-refractivity contribution in [2.45, 2.75) is 135 Å². The van der Waals surface area contributed by atoms with Gasteiger partial charge in [-0.1, -0.05) is 142 Å². The summed E-state index contributed by atoms with van der Waals surface area (Å²) in [6.45, 7) is 3.13. The van der Waals surface area contributed by atoms with Crippen LogP contribution in [0.1, 0.15) is 123 Å². The lowest BCUT2D eigenvalue weighted by Gasteiger charge is -2.19. The maximum absolute atomic E-state index is 12.6. The van der Waals surface area contributed by atoms with Gasteiger partial charge in [0.15, 0.2) is 6.10 Å². The zero-order valence-electron chi connectivity index (χ0n) is 35.3. The molecule has 0 aliphatic rings. The zero-order valence-corrected chi connectivity index (χ0v) is 36.2. The molecule has 0 rings (SSSR count). The van der Waals surface area contributed by atoms with E-state index in [2.05, 4.69) is 92.0 Å². The maximum atomic E-state index is 12.6. The Kier molecular flexibility index (Phi) is 38.9. The molecule has 11 heteroatoms. The summed E-state index contributed by atoms with van der Waals surface area (Å²) in [6.07, 6.45) is 53.3. The van der Waals surface area contributed by atoms with Crippen molar-refractivity contribution >= 4 is 19.8 Å². The molecule has 0 spiro atoms. The fourth-order valence-electron chi connectivity index (χ4n) is 4.76. The highest BCUT2D eigenvalue weighted by Crippen LogP contribution is 2.43. The van der Waals surface area contributed by atoms with Crippen molar-refractivity contribution in [1.82, 2.24) is 0 Å². The number of rotatable bonds is 37. The third-order valence-corrected chi connectivity index (χ3v) is 8.98. The van der Waals surface area contributed by atoms with Crippen molar-refractivity contribution < 1.29 is 42.7 Å². The van der Waals surface area contributed by atoms with E-state index in [0.717, 1.165) is 70.6 Å². The molecular formula is C47H74NO9P. The van der Waals surface area contributed by atoms with Crippen LogP contribution in [0.2, 0.25) is 0 Å². The number of ether oxygens (including phenoxy) is 2. The van der Waals surface area contributed by atoms with Crippen LogP contribution in [0.4, 0.5) is 0 Å². The molecule has 0 amide bonds. The number of hydrogen-bond donors (Lipinski definition) is 3. The predicted octanol–water partition coefficient (Wildman–Crippen LogP) is 11.1. The highest BCUT2D eigenvalue weighted by atomic mass is 31.2. The van der Waals surface area contributed by atoms with E-state index in [1.165, 1.54) is 0 Å². The number of phosphoric ester groups is 1. The van der Waals surface area contributed by atoms with Gasteiger partial charge in [0.2, 0.25) is 0 Å². The minimum Gasteiger partial charge on any atom is -0.462 e. The lowest BCUT2D eigenvalue weighted by molar-refractivity contribution is -0.161. The van der Waals surface area contributed by atoms with Crippen LogP contribution in [-0.2, 0) is 32.7 Å². The van der Waals surface area contributed by atoms with E-state index < -0.39 is 32.5 Å². The average Bonchev–Trinajstić information content (AvgIpc) is 3.21. The second kappa shape index (κ2) is 41.5. The molecule has 4 N–H and O–H groups in total. The van der Waals surface area contributed by atoms with Gasteiger partial charge in [-0.2, -0.15) is 0 Å². The summed E-state index contributed by atoms with van der Waals surface area (Å²) in [4.78, 5) is 34.8. The molecule has 326 valence electrons. The predicted molar refractivity (Wildman–Crippen MR) is 239 cm³/mol. The van der Waals surface area contributed by atoms with Crippen LogP contribution in [0.15, 0.2) is 122 Å². The van der Waals surface area contributed by atoms with E-state index in [-0.39, 0.29) is 38.7 Å². The molecule has 0 aromatic carbocycles. The van der Waals surface area contributed by atoms with Crippen molar-refractivity contribution in [3.05, 3.63) is 122 Å². The van der Waals surface area contributed by atoms with Crippen LogP contribution in [0, 0.1) is 0 Å². The first kappa shape index (κ1) is 54.4. The third kappa shape index (κ3) is 40.6. The van der Waals surface area contributed by atoms with E-state index in [1.54, 1.807) is 6.08 Å². The molecule has 0 fully saturated rings. The Balaban J connectivity index is 4.38. The van der Waals surface area contributed by atoms with E-state index in [1.807, 2.05) is 37.3 Å². The number of phosphoric acid groups is 1. The molecule has 0 bridgehead atoms. The number of aliphatic hydroxyl groups is 1. The van der Waals surface area contributed by atoms with E-state index >= 15 is 0 Å². The fourth-order valence-corrected chi connectivity index (χ4v) is 5.53. The lowest BCUT2D eigenvalue weighted by atomic mass is 10.1. The van der Waals surface area contributed by atoms with Gasteiger partial charge in [-0.15, -0.1) is 0 Å². The van der Waals surface area contributed by atoms with Gasteiger partial charge in [0, 0.05) is 19.4 Å². The number of aliphatic hydroxyl groups excluding tert-OH is 1. The first-order valence-electron chi connectivity index (χ1n) is 21.1. The minimum absolute atomic E-state index is 0.0258. The summed E-state index contributed by atoms with van der Waals surface area (Å²) in [5.41, 5.74) is 5.33. The topological polar surface area (TPSA) is 155 Å². The van der Waals surface area contributed by atoms with Gasteiger partial charge in [0.05, 0.1) is 19.3 Å². The minimum atomic E-state index is -4.42. The van der Waals surface area contributed by atoms with Gasteiger partial charge in [0.1, 0.15) is 6.61 Å². The lowest BCUT2D eigenvalue weighted by Crippen LogP contribution is -2.29. The van der Waals surface area contributed by atoms with Crippen molar-refractivity contribution in [2.75, 3.05) is 26.4 Å². The number of esters is 2. The molecule has 0 heterocycles. The van der Waals surface area contributed by atoms with Gasteiger partial charge >= 0.3 is 19.8 Å². The summed E-state index contributed by atoms with van der Waals surface area (Å²) in [5.74, 6) is -0.970. The van der Waals surface area contributed by atoms with Gasteiger partial charge < -0.3 is 25.2 Å². The summed E-state index contributed by atoms with van der Waals surface area (Å²) >= 11 is 0. The molecule has 58 heavy (non-hydrogen) atoms. The Labute approximate surface area is 350 Å². The van der Waals surface area contributed by atoms with Crippen LogP contribution < -0.4 is 5.73 Å². The van der Waals surface area contributed by atoms with Crippen molar-refractivity contribution in [2.24, 2.45) is 5.73 Å². The van der Waals surface area contributed by atoms with Crippen LogP contribution in [-0.4, -0.2) is 60.5 Å². The summed E-state index contributed by atoms with van der Waals surface area (Å²) in [7, 11) is -4.42. The first-order valence-corrected chi connectivity index (χ1v) is 22.6. The molecule has 0 saturated heterocycles. The number of carbonyl (C=O) groups is 2. The molecule has 10 nitrogen and oxygen atoms in total. The van der Waals surface area contributed by atoms with Crippen LogP contribution >= 0.6 is 7.82 Å². The van der Waals surface area contributed by atoms with Gasteiger partial charge in [-0.05, 0) is 89.9 Å². The van der Waals surface area contributed by atoms with Crippen LogP contribution in [0.3, 0.4) is 0 Å². The number of hydrogen-bond acceptors (Lipinski definition) is 9. The molecule has 0 aromatic heterocycles. The Hall–Kier alpha value is -3.63. The largest absolute Gasteiger partial charge is 0.472 e. The molecular weight excluding hydrogens is 753 g/mol. The molecule has 0 radical (unpaired) electrons. The Morgan fingerprint density at radius 2 is 1.10 bits per heavy atom. The highest BCUT2D eigenvalue weighted by Gasteiger charge is 2.25. The average molecular weight is 828 g/mol. The number of allylic oxidation sites excluding steroid dienone is 19. The molecule has 0 aliphatic carbocycles. The normalized spacial score (nSPS) is 15.1. The molecule has 0 aliphatic heterocycles. The van der Waals surface area contributed by atoms with Crippen LogP contribution in [0.5, 0.6) is 0 Å². The smallest absolute Gasteiger partial charge is 0.462 e. The Morgan fingerprint density at radius 1 is 0.603 bits per heavy atom. The van der Waals surface area contributed by atoms with E-state index in [0.29, 0.717) is 25.7 Å². The summed E-state index contributed by atoms with van der Waals surface area (Å²) < 4.78 is 32.6. The standard InChI is InChI=1S/C47H74NO9P/c1-3-5-6-7-8-9-10-11-12-13-14-15-16-20-23-26-29-32-35-38-46(50)54-42-45(43-56-58(52,53)55-41-40-48)57-47(51)39-36-33-30-27-24-21-18-17-19-22-25-28-31-34-37-44(49)4-2/h5-6,8-9,11-12,14-15,18-23,27-28,30-31,34,37,44-45,49H,3-4,7,10,13,16-17,24-26,29,32-33,35-36,38-43,48H2,1-2H3,(H,52,53)/b6-5-,9-8-,12-11-,15-14-,21-18-,22-19-,23-20-,30-27-,31-28-,37-34+/t44-,45-/m1/s1. The highest BCUT2D eigenvalue weighted by molar-refractivity contribution is 7.47. The van der Waals surface area contributed by atoms with Gasteiger partial charge in [-0.25, -0.2) is 4.57 Å². The number of carbonyl (C=O) groups excluding carboxylic acids is 2. The molecule has 0 aromatic rings. The van der Waals surface area contributed by atoms with Crippen molar-refractivity contribution in [3.63, 3.8) is 0 Å². The Bertz CT molecular complexity index is 1370. The second-order valence-corrected chi connectivity index (χ2v) is 14.7. The quantitative estimate of drug-likeness (QED) is 0.0181. The first-order chi connectivity index (χ1) is 28.2. The number of unbranched alkanes of at least 4 members (excludes halogenated alkanes) is 4. The molecule has 3 atom stereocenters. The second-order valence-electron chi connectivity index (χ2n) is 13.3. The SMILES string of the molecule is CC/C=C\C/C=C\C/C=C\C/C=C\C/C=C\CCCCCC(=O)OC[C@H](COP(=O)(O)OCCN)OC(=O)CCC/C=C\C/C=C\C/C=C\C/C=C\C=C\[C@H](O)CC. The maximum Gasteiger partial charge on any atom is 0.472 e. The molecule has 1 unspecified atom stereocenters. The summed E-state index contributed by atoms with van der Waals surface area (Å²) in [6, 6.07) is 0. The van der Waals surface area contributed by atoms with E-state index in [4.69, 9.17) is 24.3 Å². The third-order valence-electron chi connectivity index (χ3n) is 8.00. The Morgan fingerprint density at radius 3 is 1.64 bits per heavy atom. The fraction of sp³-hybridized carbons (Fsp3) is 0.532.